The van der Waals surface area contributed by atoms with E-state index in [-0.39, 0.29) is 23.8 Å². The van der Waals surface area contributed by atoms with Crippen LogP contribution in [0.3, 0.4) is 0 Å². The summed E-state index contributed by atoms with van der Waals surface area (Å²) in [6.45, 7) is 7.13. The second kappa shape index (κ2) is 37.2. The summed E-state index contributed by atoms with van der Waals surface area (Å²) in [5, 5.41) is 0. The number of likely N-dealkylation sites (tertiary alicyclic amines) is 1. The van der Waals surface area contributed by atoms with Crippen LogP contribution in [-0.4, -0.2) is 50.2 Å². The first-order chi connectivity index (χ1) is 25.6. The van der Waals surface area contributed by atoms with Crippen molar-refractivity contribution in [2.24, 2.45) is 11.8 Å². The number of carbonyl (C=O) groups excluding carboxylic acids is 2. The highest BCUT2D eigenvalue weighted by molar-refractivity contribution is 5.69. The van der Waals surface area contributed by atoms with Crippen molar-refractivity contribution in [3.8, 4) is 0 Å². The molecule has 0 bridgehead atoms. The van der Waals surface area contributed by atoms with Gasteiger partial charge in [0.05, 0.1) is 13.2 Å². The van der Waals surface area contributed by atoms with Crippen LogP contribution in [0, 0.1) is 11.8 Å². The van der Waals surface area contributed by atoms with E-state index in [9.17, 15) is 9.59 Å². The summed E-state index contributed by atoms with van der Waals surface area (Å²) in [4.78, 5) is 27.1. The molecule has 2 atom stereocenters. The number of unbranched alkanes of at least 4 members (excludes halogenated alkanes) is 20. The van der Waals surface area contributed by atoms with Crippen molar-refractivity contribution in [1.29, 1.82) is 0 Å². The molecule has 1 aliphatic heterocycles. The molecule has 300 valence electrons. The van der Waals surface area contributed by atoms with Crippen molar-refractivity contribution in [1.82, 2.24) is 4.90 Å². The van der Waals surface area contributed by atoms with Crippen LogP contribution in [0.5, 0.6) is 0 Å². The van der Waals surface area contributed by atoms with E-state index in [1.165, 1.54) is 128 Å². The van der Waals surface area contributed by atoms with Crippen molar-refractivity contribution < 1.29 is 19.1 Å². The fourth-order valence-corrected chi connectivity index (χ4v) is 6.96. The van der Waals surface area contributed by atoms with Crippen molar-refractivity contribution in [2.75, 3.05) is 33.4 Å². The summed E-state index contributed by atoms with van der Waals surface area (Å²) >= 11 is 0. The molecule has 1 saturated heterocycles. The number of hydrogen-bond acceptors (Lipinski definition) is 5. The highest BCUT2D eigenvalue weighted by atomic mass is 16.5. The number of hydrogen-bond donors (Lipinski definition) is 0. The van der Waals surface area contributed by atoms with Gasteiger partial charge < -0.3 is 14.4 Å². The molecule has 1 aliphatic rings. The Bertz CT molecular complexity index is 864. The van der Waals surface area contributed by atoms with Crippen LogP contribution in [0.15, 0.2) is 48.6 Å². The van der Waals surface area contributed by atoms with E-state index in [2.05, 4.69) is 74.4 Å². The van der Waals surface area contributed by atoms with E-state index >= 15 is 0 Å². The van der Waals surface area contributed by atoms with Crippen LogP contribution in [0.4, 0.5) is 0 Å². The number of ether oxygens (including phenoxy) is 2. The van der Waals surface area contributed by atoms with Crippen LogP contribution in [0.1, 0.15) is 194 Å². The molecule has 0 amide bonds. The molecule has 1 rings (SSSR count). The first-order valence-corrected chi connectivity index (χ1v) is 22.2. The number of allylic oxidation sites excluding steroid dienone is 8. The molecular weight excluding hydrogens is 643 g/mol. The van der Waals surface area contributed by atoms with Gasteiger partial charge in [-0.05, 0) is 84.1 Å². The molecule has 0 unspecified atom stereocenters. The van der Waals surface area contributed by atoms with Gasteiger partial charge >= 0.3 is 11.9 Å². The van der Waals surface area contributed by atoms with E-state index in [0.29, 0.717) is 26.1 Å². The Balaban J connectivity index is 1.97. The fourth-order valence-electron chi connectivity index (χ4n) is 6.96. The molecule has 0 aromatic rings. The average molecular weight is 726 g/mol. The molecule has 5 nitrogen and oxygen atoms in total. The molecule has 0 aliphatic carbocycles. The Labute approximate surface area is 322 Å². The van der Waals surface area contributed by atoms with E-state index in [1.54, 1.807) is 0 Å². The standard InChI is InChI=1S/C47H83NO4/c1-4-6-8-10-12-14-16-18-20-22-24-26-28-30-32-34-36-38-46(49)51-42-44-40-48(3)41-45(44)43-52-47(50)39-37-35-33-31-29-27-25-23-21-19-17-15-13-11-9-7-5-2/h12-15,18-21,44-45H,4-11,16-17,22-43H2,1-3H3/b14-12-,15-13-,20-18-,21-19-/t44-,45-/m0/s1. The van der Waals surface area contributed by atoms with Crippen LogP contribution in [-0.2, 0) is 19.1 Å². The zero-order chi connectivity index (χ0) is 37.6. The molecule has 0 spiro atoms. The molecule has 0 N–H and O–H groups in total. The van der Waals surface area contributed by atoms with Crippen LogP contribution in [0.2, 0.25) is 0 Å². The number of esters is 2. The van der Waals surface area contributed by atoms with Gasteiger partial charge in [-0.15, -0.1) is 0 Å². The van der Waals surface area contributed by atoms with Gasteiger partial charge in [-0.3, -0.25) is 9.59 Å². The summed E-state index contributed by atoms with van der Waals surface area (Å²) < 4.78 is 11.4. The van der Waals surface area contributed by atoms with Gasteiger partial charge in [0.15, 0.2) is 0 Å². The van der Waals surface area contributed by atoms with Gasteiger partial charge in [-0.1, -0.05) is 152 Å². The molecule has 52 heavy (non-hydrogen) atoms. The van der Waals surface area contributed by atoms with E-state index in [4.69, 9.17) is 9.47 Å². The van der Waals surface area contributed by atoms with E-state index < -0.39 is 0 Å². The highest BCUT2D eigenvalue weighted by Gasteiger charge is 2.32. The Morgan fingerprint density at radius 2 is 0.769 bits per heavy atom. The molecule has 0 aromatic heterocycles. The highest BCUT2D eigenvalue weighted by Crippen LogP contribution is 2.24. The average Bonchev–Trinajstić information content (AvgIpc) is 3.51. The summed E-state index contributed by atoms with van der Waals surface area (Å²) in [6, 6.07) is 0. The molecule has 0 radical (unpaired) electrons. The topological polar surface area (TPSA) is 55.8 Å². The third kappa shape index (κ3) is 31.4. The SMILES string of the molecule is CCCCC/C=C\C/C=C\CCCCCCCCCC(=O)OC[C@@H]1CN(C)C[C@H]1COC(=O)CCCCCCCCC/C=C\C/C=C\CCCCC. The maximum Gasteiger partial charge on any atom is 0.305 e. The Morgan fingerprint density at radius 1 is 0.462 bits per heavy atom. The lowest BCUT2D eigenvalue weighted by Crippen LogP contribution is -2.25. The first-order valence-electron chi connectivity index (χ1n) is 22.2. The predicted molar refractivity (Wildman–Crippen MR) is 224 cm³/mol. The van der Waals surface area contributed by atoms with Crippen LogP contribution >= 0.6 is 0 Å². The van der Waals surface area contributed by atoms with Crippen molar-refractivity contribution >= 4 is 11.9 Å². The summed E-state index contributed by atoms with van der Waals surface area (Å²) in [7, 11) is 2.09. The lowest BCUT2D eigenvalue weighted by Gasteiger charge is -2.18. The van der Waals surface area contributed by atoms with E-state index in [1.807, 2.05) is 0 Å². The predicted octanol–water partition coefficient (Wildman–Crippen LogP) is 13.4. The minimum absolute atomic E-state index is 0.0822. The second-order valence-corrected chi connectivity index (χ2v) is 15.5. The van der Waals surface area contributed by atoms with Crippen LogP contribution in [0.25, 0.3) is 0 Å². The Kier molecular flexibility index (Phi) is 34.2. The van der Waals surface area contributed by atoms with E-state index in [0.717, 1.165) is 51.6 Å². The molecule has 0 saturated carbocycles. The zero-order valence-corrected chi connectivity index (χ0v) is 34.5. The largest absolute Gasteiger partial charge is 0.465 e. The van der Waals surface area contributed by atoms with Crippen molar-refractivity contribution in [3.05, 3.63) is 48.6 Å². The molecule has 5 heteroatoms. The monoisotopic (exact) mass is 726 g/mol. The number of rotatable bonds is 36. The van der Waals surface area contributed by atoms with Gasteiger partial charge in [0.2, 0.25) is 0 Å². The minimum atomic E-state index is -0.0822. The Hall–Kier alpha value is -2.14. The second-order valence-electron chi connectivity index (χ2n) is 15.5. The summed E-state index contributed by atoms with van der Waals surface area (Å²) in [6.07, 6.45) is 51.0. The fraction of sp³-hybridized carbons (Fsp3) is 0.787. The quantitative estimate of drug-likeness (QED) is 0.0366. The smallest absolute Gasteiger partial charge is 0.305 e. The lowest BCUT2D eigenvalue weighted by molar-refractivity contribution is -0.149. The zero-order valence-electron chi connectivity index (χ0n) is 34.5. The first kappa shape index (κ1) is 47.9. The van der Waals surface area contributed by atoms with Gasteiger partial charge in [-0.2, -0.15) is 0 Å². The minimum Gasteiger partial charge on any atom is -0.465 e. The summed E-state index contributed by atoms with van der Waals surface area (Å²) in [5.74, 6) is 0.301. The lowest BCUT2D eigenvalue weighted by atomic mass is 9.98. The van der Waals surface area contributed by atoms with Crippen LogP contribution < -0.4 is 0 Å². The molecule has 0 aromatic carbocycles. The molecule has 1 fully saturated rings. The normalized spacial score (nSPS) is 16.8. The van der Waals surface area contributed by atoms with Gasteiger partial charge in [0.25, 0.3) is 0 Å². The van der Waals surface area contributed by atoms with Gasteiger partial charge in [0.1, 0.15) is 0 Å². The summed E-state index contributed by atoms with van der Waals surface area (Å²) in [5.41, 5.74) is 0. The molecule has 1 heterocycles. The molecular formula is C47H83NO4. The van der Waals surface area contributed by atoms with Crippen molar-refractivity contribution in [3.63, 3.8) is 0 Å². The Morgan fingerprint density at radius 3 is 1.12 bits per heavy atom. The number of nitrogens with zero attached hydrogens (tertiary/aromatic N) is 1. The van der Waals surface area contributed by atoms with Crippen molar-refractivity contribution in [2.45, 2.75) is 194 Å². The maximum atomic E-state index is 12.4. The third-order valence-corrected chi connectivity index (χ3v) is 10.3. The maximum absolute atomic E-state index is 12.4. The number of carbonyl (C=O) groups is 2. The van der Waals surface area contributed by atoms with Gasteiger partial charge in [0, 0.05) is 37.8 Å². The van der Waals surface area contributed by atoms with Gasteiger partial charge in [-0.25, -0.2) is 0 Å². The third-order valence-electron chi connectivity index (χ3n) is 10.3.